The molecule has 35 heavy (non-hydrogen) atoms. The Morgan fingerprint density at radius 3 is 2.17 bits per heavy atom. The molecule has 3 aromatic rings. The third-order valence-electron chi connectivity index (χ3n) is 5.94. The second-order valence-electron chi connectivity index (χ2n) is 10.2. The van der Waals surface area contributed by atoms with Gasteiger partial charge in [-0.15, -0.1) is 0 Å². The van der Waals surface area contributed by atoms with Crippen molar-refractivity contribution in [1.82, 2.24) is 10.2 Å². The Morgan fingerprint density at radius 1 is 0.857 bits per heavy atom. The maximum Gasteiger partial charge on any atom is 0.243 e. The number of hydrogen-bond donors (Lipinski definition) is 1. The lowest BCUT2D eigenvalue weighted by Gasteiger charge is -2.34. The van der Waals surface area contributed by atoms with E-state index in [9.17, 15) is 9.59 Å². The predicted octanol–water partition coefficient (Wildman–Crippen LogP) is 6.16. The number of halogens is 1. The fourth-order valence-corrected chi connectivity index (χ4v) is 4.48. The first kappa shape index (κ1) is 26.7. The number of carbonyl (C=O) groups excluding carboxylic acids is 2. The van der Waals surface area contributed by atoms with Crippen molar-refractivity contribution in [2.45, 2.75) is 65.6 Å². The molecule has 0 aliphatic carbocycles. The Morgan fingerprint density at radius 2 is 1.54 bits per heavy atom. The van der Waals surface area contributed by atoms with E-state index in [2.05, 4.69) is 41.2 Å². The third kappa shape index (κ3) is 8.07. The Hall–Kier alpha value is -2.92. The zero-order valence-electron chi connectivity index (χ0n) is 21.3. The molecule has 184 valence electrons. The van der Waals surface area contributed by atoms with Gasteiger partial charge in [0.15, 0.2) is 0 Å². The standard InChI is InChI=1S/C30H35BrN2O2/c1-21-14-15-24(16-22(21)2)19-28(34)33(20-25-12-9-13-26(31)17-25)27(29(35)32-30(3,4)5)18-23-10-7-6-8-11-23/h6-17,27H,18-20H2,1-5H3,(H,32,35)/t27-/m0/s1. The van der Waals surface area contributed by atoms with Crippen molar-refractivity contribution < 1.29 is 9.59 Å². The zero-order chi connectivity index (χ0) is 25.6. The highest BCUT2D eigenvalue weighted by molar-refractivity contribution is 9.10. The van der Waals surface area contributed by atoms with Gasteiger partial charge in [0.05, 0.1) is 6.42 Å². The van der Waals surface area contributed by atoms with Gasteiger partial charge < -0.3 is 10.2 Å². The van der Waals surface area contributed by atoms with Gasteiger partial charge >= 0.3 is 0 Å². The minimum absolute atomic E-state index is 0.0711. The Kier molecular flexibility index (Phi) is 8.90. The van der Waals surface area contributed by atoms with Crippen molar-refractivity contribution in [3.05, 3.63) is 105 Å². The molecule has 0 heterocycles. The van der Waals surface area contributed by atoms with E-state index >= 15 is 0 Å². The van der Waals surface area contributed by atoms with Crippen LogP contribution in [0.4, 0.5) is 0 Å². The molecule has 4 nitrogen and oxygen atoms in total. The van der Waals surface area contributed by atoms with Crippen molar-refractivity contribution in [2.24, 2.45) is 0 Å². The lowest BCUT2D eigenvalue weighted by Crippen LogP contribution is -2.54. The van der Waals surface area contributed by atoms with Gasteiger partial charge in [-0.05, 0) is 74.6 Å². The summed E-state index contributed by atoms with van der Waals surface area (Å²) in [6.45, 7) is 10.3. The fraction of sp³-hybridized carbons (Fsp3) is 0.333. The van der Waals surface area contributed by atoms with Gasteiger partial charge in [-0.2, -0.15) is 0 Å². The van der Waals surface area contributed by atoms with E-state index in [1.165, 1.54) is 5.56 Å². The number of nitrogens with zero attached hydrogens (tertiary/aromatic N) is 1. The van der Waals surface area contributed by atoms with Crippen molar-refractivity contribution in [1.29, 1.82) is 0 Å². The number of nitrogens with one attached hydrogen (secondary N) is 1. The summed E-state index contributed by atoms with van der Waals surface area (Å²) in [6.07, 6.45) is 0.679. The summed E-state index contributed by atoms with van der Waals surface area (Å²) in [5.41, 5.74) is 4.87. The van der Waals surface area contributed by atoms with E-state index in [-0.39, 0.29) is 18.2 Å². The van der Waals surface area contributed by atoms with Crippen LogP contribution in [0.15, 0.2) is 77.3 Å². The molecule has 5 heteroatoms. The molecule has 0 unspecified atom stereocenters. The van der Waals surface area contributed by atoms with Gasteiger partial charge in [-0.25, -0.2) is 0 Å². The van der Waals surface area contributed by atoms with Gasteiger partial charge in [0, 0.05) is 23.0 Å². The minimum atomic E-state index is -0.644. The summed E-state index contributed by atoms with van der Waals surface area (Å²) in [5.74, 6) is -0.219. The zero-order valence-corrected chi connectivity index (χ0v) is 22.9. The first-order chi connectivity index (χ1) is 16.5. The molecule has 1 N–H and O–H groups in total. The molecule has 0 aromatic heterocycles. The molecular weight excluding hydrogens is 500 g/mol. The van der Waals surface area contributed by atoms with Gasteiger partial charge in [-0.1, -0.05) is 76.6 Å². The highest BCUT2D eigenvalue weighted by Gasteiger charge is 2.32. The van der Waals surface area contributed by atoms with Crippen LogP contribution < -0.4 is 5.32 Å². The molecule has 0 spiro atoms. The van der Waals surface area contributed by atoms with Crippen LogP contribution in [-0.4, -0.2) is 28.3 Å². The van der Waals surface area contributed by atoms with Crippen molar-refractivity contribution >= 4 is 27.7 Å². The van der Waals surface area contributed by atoms with E-state index in [4.69, 9.17) is 0 Å². The molecule has 0 saturated carbocycles. The molecule has 0 saturated heterocycles. The minimum Gasteiger partial charge on any atom is -0.350 e. The highest BCUT2D eigenvalue weighted by atomic mass is 79.9. The summed E-state index contributed by atoms with van der Waals surface area (Å²) >= 11 is 3.53. The van der Waals surface area contributed by atoms with E-state index in [1.807, 2.05) is 87.5 Å². The largest absolute Gasteiger partial charge is 0.350 e. The van der Waals surface area contributed by atoms with Gasteiger partial charge in [0.2, 0.25) is 11.8 Å². The van der Waals surface area contributed by atoms with Crippen molar-refractivity contribution in [2.75, 3.05) is 0 Å². The number of carbonyl (C=O) groups is 2. The second kappa shape index (κ2) is 11.7. The Balaban J connectivity index is 2.00. The van der Waals surface area contributed by atoms with Gasteiger partial charge in [0.25, 0.3) is 0 Å². The molecule has 3 aromatic carbocycles. The van der Waals surface area contributed by atoms with Crippen LogP contribution in [0.5, 0.6) is 0 Å². The number of benzene rings is 3. The summed E-state index contributed by atoms with van der Waals surface area (Å²) in [5, 5.41) is 3.11. The molecule has 2 amide bonds. The van der Waals surface area contributed by atoms with Crippen LogP contribution in [0.2, 0.25) is 0 Å². The van der Waals surface area contributed by atoms with E-state index in [1.54, 1.807) is 4.90 Å². The van der Waals surface area contributed by atoms with Gasteiger partial charge in [0.1, 0.15) is 6.04 Å². The maximum atomic E-state index is 13.8. The quantitative estimate of drug-likeness (QED) is 0.376. The second-order valence-corrected chi connectivity index (χ2v) is 11.1. The lowest BCUT2D eigenvalue weighted by molar-refractivity contribution is -0.141. The van der Waals surface area contributed by atoms with Crippen molar-refractivity contribution in [3.63, 3.8) is 0 Å². The molecule has 0 fully saturated rings. The normalized spacial score (nSPS) is 12.2. The maximum absolute atomic E-state index is 13.8. The average molecular weight is 536 g/mol. The van der Waals surface area contributed by atoms with Crippen LogP contribution in [0.3, 0.4) is 0 Å². The van der Waals surface area contributed by atoms with Crippen LogP contribution in [-0.2, 0) is 29.0 Å². The van der Waals surface area contributed by atoms with Crippen LogP contribution in [0.1, 0.15) is 48.6 Å². The highest BCUT2D eigenvalue weighted by Crippen LogP contribution is 2.20. The van der Waals surface area contributed by atoms with Gasteiger partial charge in [-0.3, -0.25) is 9.59 Å². The first-order valence-corrected chi connectivity index (χ1v) is 12.8. The number of amides is 2. The summed E-state index contributed by atoms with van der Waals surface area (Å²) in [6, 6.07) is 23.2. The topological polar surface area (TPSA) is 49.4 Å². The molecule has 0 radical (unpaired) electrons. The van der Waals surface area contributed by atoms with Crippen molar-refractivity contribution in [3.8, 4) is 0 Å². The number of hydrogen-bond acceptors (Lipinski definition) is 2. The molecular formula is C30H35BrN2O2. The van der Waals surface area contributed by atoms with Crippen LogP contribution in [0, 0.1) is 13.8 Å². The number of rotatable bonds is 8. The molecule has 0 aliphatic heterocycles. The molecule has 3 rings (SSSR count). The third-order valence-corrected chi connectivity index (χ3v) is 6.43. The fourth-order valence-electron chi connectivity index (χ4n) is 4.03. The van der Waals surface area contributed by atoms with E-state index < -0.39 is 11.6 Å². The molecule has 1 atom stereocenters. The monoisotopic (exact) mass is 534 g/mol. The lowest BCUT2D eigenvalue weighted by atomic mass is 9.99. The number of aryl methyl sites for hydroxylation is 2. The first-order valence-electron chi connectivity index (χ1n) is 12.0. The Bertz CT molecular complexity index is 1170. The summed E-state index contributed by atoms with van der Waals surface area (Å²) in [4.78, 5) is 29.2. The average Bonchev–Trinajstić information content (AvgIpc) is 2.78. The Labute approximate surface area is 217 Å². The molecule has 0 bridgehead atoms. The summed E-state index contributed by atoms with van der Waals surface area (Å²) < 4.78 is 0.940. The van der Waals surface area contributed by atoms with E-state index in [0.29, 0.717) is 13.0 Å². The smallest absolute Gasteiger partial charge is 0.243 e. The van der Waals surface area contributed by atoms with E-state index in [0.717, 1.165) is 26.7 Å². The van der Waals surface area contributed by atoms with Crippen LogP contribution >= 0.6 is 15.9 Å². The van der Waals surface area contributed by atoms with Crippen LogP contribution in [0.25, 0.3) is 0 Å². The molecule has 0 aliphatic rings. The SMILES string of the molecule is Cc1ccc(CC(=O)N(Cc2cccc(Br)c2)[C@@H](Cc2ccccc2)C(=O)NC(C)(C)C)cc1C. The predicted molar refractivity (Wildman–Crippen MR) is 146 cm³/mol. The summed E-state index contributed by atoms with van der Waals surface area (Å²) in [7, 11) is 0.